The third-order valence-electron chi connectivity index (χ3n) is 2.31. The number of methoxy groups -OCH3 is 1. The summed E-state index contributed by atoms with van der Waals surface area (Å²) in [5, 5.41) is 4.04. The average molecular weight is 366 g/mol. The van der Waals surface area contributed by atoms with Gasteiger partial charge in [-0.3, -0.25) is 4.79 Å². The molecule has 0 bridgehead atoms. The van der Waals surface area contributed by atoms with Crippen molar-refractivity contribution in [3.63, 3.8) is 0 Å². The van der Waals surface area contributed by atoms with Gasteiger partial charge < -0.3 is 10.1 Å². The van der Waals surface area contributed by atoms with Gasteiger partial charge in [0.05, 0.1) is 27.7 Å². The van der Waals surface area contributed by atoms with Gasteiger partial charge in [-0.25, -0.2) is 4.79 Å². The lowest BCUT2D eigenvalue weighted by Gasteiger charge is -2.09. The molecular weight excluding hydrogens is 359 g/mol. The maximum Gasteiger partial charge on any atom is 0.331 e. The molecule has 1 aromatic carbocycles. The molecule has 9 heteroatoms. The molecule has 1 aliphatic heterocycles. The number of nitrogens with zero attached hydrogens (tertiary/aromatic N) is 1. The highest BCUT2D eigenvalue weighted by molar-refractivity contribution is 8.18. The molecule has 0 fully saturated rings. The van der Waals surface area contributed by atoms with Crippen molar-refractivity contribution in [3.8, 4) is 0 Å². The number of hydrogen-bond donors (Lipinski definition) is 1. The predicted octanol–water partition coefficient (Wildman–Crippen LogP) is 3.75. The SMILES string of the molecule is COC(=O)/C=C1\SC(Nc2c(Cl)cc(Cl)cc2Cl)=NC1=O. The number of thioether (sulfide) groups is 1. The van der Waals surface area contributed by atoms with Crippen molar-refractivity contribution in [2.75, 3.05) is 12.4 Å². The molecule has 5 nitrogen and oxygen atoms in total. The first-order valence-corrected chi connectivity index (χ1v) is 7.38. The van der Waals surface area contributed by atoms with Crippen LogP contribution < -0.4 is 5.32 Å². The normalized spacial score (nSPS) is 16.1. The monoisotopic (exact) mass is 364 g/mol. The van der Waals surface area contributed by atoms with Crippen LogP contribution in [0.1, 0.15) is 0 Å². The zero-order valence-electron chi connectivity index (χ0n) is 10.4. The summed E-state index contributed by atoms with van der Waals surface area (Å²) in [6, 6.07) is 3.01. The topological polar surface area (TPSA) is 67.8 Å². The third-order valence-corrected chi connectivity index (χ3v) is 4.02. The van der Waals surface area contributed by atoms with Crippen molar-refractivity contribution in [1.29, 1.82) is 0 Å². The number of carbonyl (C=O) groups excluding carboxylic acids is 2. The van der Waals surface area contributed by atoms with E-state index >= 15 is 0 Å². The van der Waals surface area contributed by atoms with Crippen LogP contribution >= 0.6 is 46.6 Å². The highest BCUT2D eigenvalue weighted by Gasteiger charge is 2.24. The fourth-order valence-electron chi connectivity index (χ4n) is 1.40. The molecule has 0 aromatic heterocycles. The minimum Gasteiger partial charge on any atom is -0.466 e. The number of halogens is 3. The maximum atomic E-state index is 11.6. The predicted molar refractivity (Wildman–Crippen MR) is 85.2 cm³/mol. The van der Waals surface area contributed by atoms with Crippen molar-refractivity contribution in [2.24, 2.45) is 4.99 Å². The summed E-state index contributed by atoms with van der Waals surface area (Å²) in [5.74, 6) is -1.18. The van der Waals surface area contributed by atoms with Crippen LogP contribution in [-0.2, 0) is 14.3 Å². The molecule has 110 valence electrons. The van der Waals surface area contributed by atoms with Crippen LogP contribution in [-0.4, -0.2) is 24.2 Å². The van der Waals surface area contributed by atoms with Crippen molar-refractivity contribution >= 4 is 69.3 Å². The molecule has 0 saturated carbocycles. The van der Waals surface area contributed by atoms with Gasteiger partial charge in [0.25, 0.3) is 5.91 Å². The van der Waals surface area contributed by atoms with E-state index in [4.69, 9.17) is 34.8 Å². The zero-order valence-corrected chi connectivity index (χ0v) is 13.5. The number of aliphatic imine (C=N–C) groups is 1. The molecule has 0 spiro atoms. The lowest BCUT2D eigenvalue weighted by atomic mass is 10.3. The fraction of sp³-hybridized carbons (Fsp3) is 0.0833. The van der Waals surface area contributed by atoms with Crippen molar-refractivity contribution in [1.82, 2.24) is 0 Å². The molecule has 0 radical (unpaired) electrons. The molecule has 1 heterocycles. The molecule has 2 rings (SSSR count). The van der Waals surface area contributed by atoms with Gasteiger partial charge in [-0.2, -0.15) is 4.99 Å². The van der Waals surface area contributed by atoms with Gasteiger partial charge in [-0.1, -0.05) is 34.8 Å². The van der Waals surface area contributed by atoms with E-state index in [2.05, 4.69) is 15.0 Å². The van der Waals surface area contributed by atoms with Crippen molar-refractivity contribution in [3.05, 3.63) is 38.2 Å². The van der Waals surface area contributed by atoms with E-state index in [1.54, 1.807) is 0 Å². The number of anilines is 1. The largest absolute Gasteiger partial charge is 0.466 e. The number of carbonyl (C=O) groups is 2. The van der Waals surface area contributed by atoms with Crippen LogP contribution in [0.3, 0.4) is 0 Å². The van der Waals surface area contributed by atoms with Crippen LogP contribution in [0.25, 0.3) is 0 Å². The Bertz CT molecular complexity index is 665. The summed E-state index contributed by atoms with van der Waals surface area (Å²) in [7, 11) is 1.22. The van der Waals surface area contributed by atoms with Crippen LogP contribution in [0.5, 0.6) is 0 Å². The third kappa shape index (κ3) is 3.91. The van der Waals surface area contributed by atoms with Gasteiger partial charge in [0.15, 0.2) is 5.17 Å². The summed E-state index contributed by atoms with van der Waals surface area (Å²) in [6.45, 7) is 0. The summed E-state index contributed by atoms with van der Waals surface area (Å²) < 4.78 is 4.46. The molecule has 0 atom stereocenters. The summed E-state index contributed by atoms with van der Waals surface area (Å²) in [4.78, 5) is 26.7. The second-order valence-electron chi connectivity index (χ2n) is 3.73. The standard InChI is InChI=1S/C12H7Cl3N2O3S/c1-20-9(18)4-8-11(19)17-12(21-8)16-10-6(14)2-5(13)3-7(10)15/h2-4H,1H3,(H,16,17,19)/b8-4-. The quantitative estimate of drug-likeness (QED) is 0.638. The number of rotatable bonds is 2. The number of benzene rings is 1. The molecule has 0 aliphatic carbocycles. The smallest absolute Gasteiger partial charge is 0.331 e. The average Bonchev–Trinajstić information content (AvgIpc) is 2.74. The van der Waals surface area contributed by atoms with Gasteiger partial charge >= 0.3 is 5.97 Å². The highest BCUT2D eigenvalue weighted by atomic mass is 35.5. The van der Waals surface area contributed by atoms with Crippen molar-refractivity contribution < 1.29 is 14.3 Å². The number of ether oxygens (including phenoxy) is 1. The van der Waals surface area contributed by atoms with Gasteiger partial charge in [-0.05, 0) is 23.9 Å². The Labute approximate surface area is 139 Å². The molecule has 1 N–H and O–H groups in total. The van der Waals surface area contributed by atoms with E-state index in [1.165, 1.54) is 19.2 Å². The Morgan fingerprint density at radius 3 is 2.52 bits per heavy atom. The number of amides is 1. The van der Waals surface area contributed by atoms with Gasteiger partial charge in [0.1, 0.15) is 0 Å². The summed E-state index contributed by atoms with van der Waals surface area (Å²) in [5.41, 5.74) is 0.376. The van der Waals surface area contributed by atoms with Crippen LogP contribution in [0.4, 0.5) is 5.69 Å². The molecule has 1 aliphatic rings. The Balaban J connectivity index is 2.20. The first-order valence-electron chi connectivity index (χ1n) is 5.43. The second-order valence-corrected chi connectivity index (χ2v) is 6.01. The Hall–Kier alpha value is -1.21. The van der Waals surface area contributed by atoms with Gasteiger partial charge in [0.2, 0.25) is 0 Å². The first kappa shape index (κ1) is 16.2. The van der Waals surface area contributed by atoms with Crippen molar-refractivity contribution in [2.45, 2.75) is 0 Å². The molecular formula is C12H7Cl3N2O3S. The zero-order chi connectivity index (χ0) is 15.6. The maximum absolute atomic E-state index is 11.6. The molecule has 21 heavy (non-hydrogen) atoms. The van der Waals surface area contributed by atoms with Gasteiger partial charge in [-0.15, -0.1) is 0 Å². The first-order chi connectivity index (χ1) is 9.90. The van der Waals surface area contributed by atoms with E-state index in [1.807, 2.05) is 0 Å². The van der Waals surface area contributed by atoms with Crippen LogP contribution in [0.2, 0.25) is 15.1 Å². The number of hydrogen-bond acceptors (Lipinski definition) is 5. The molecule has 0 saturated heterocycles. The number of amidine groups is 1. The van der Waals surface area contributed by atoms with E-state index in [-0.39, 0.29) is 20.1 Å². The van der Waals surface area contributed by atoms with E-state index in [9.17, 15) is 9.59 Å². The van der Waals surface area contributed by atoms with Gasteiger partial charge in [0, 0.05) is 11.1 Å². The lowest BCUT2D eigenvalue weighted by Crippen LogP contribution is -2.06. The minimum atomic E-state index is -0.634. The lowest BCUT2D eigenvalue weighted by molar-refractivity contribution is -0.135. The highest BCUT2D eigenvalue weighted by Crippen LogP contribution is 2.36. The molecule has 1 aromatic rings. The van der Waals surface area contributed by atoms with E-state index < -0.39 is 11.9 Å². The second kappa shape index (κ2) is 6.70. The Morgan fingerprint density at radius 1 is 1.33 bits per heavy atom. The van der Waals surface area contributed by atoms with E-state index in [0.717, 1.165) is 17.8 Å². The molecule has 1 amide bonds. The minimum absolute atomic E-state index is 0.144. The van der Waals surface area contributed by atoms with E-state index in [0.29, 0.717) is 10.7 Å². The number of nitrogens with one attached hydrogen (secondary N) is 1. The fourth-order valence-corrected chi connectivity index (χ4v) is 3.09. The molecule has 0 unspecified atom stereocenters. The Kier molecular flexibility index (Phi) is 5.16. The van der Waals surface area contributed by atoms with Crippen LogP contribution in [0, 0.1) is 0 Å². The summed E-state index contributed by atoms with van der Waals surface area (Å²) in [6.07, 6.45) is 1.07. The Morgan fingerprint density at radius 2 is 1.95 bits per heavy atom. The van der Waals surface area contributed by atoms with Crippen LogP contribution in [0.15, 0.2) is 28.1 Å². The summed E-state index contributed by atoms with van der Waals surface area (Å²) >= 11 is 18.8. The number of esters is 1.